The third kappa shape index (κ3) is 4.83. The van der Waals surface area contributed by atoms with Crippen molar-refractivity contribution in [2.24, 2.45) is 0 Å². The Labute approximate surface area is 130 Å². The van der Waals surface area contributed by atoms with Crippen molar-refractivity contribution in [3.63, 3.8) is 0 Å². The van der Waals surface area contributed by atoms with E-state index in [-0.39, 0.29) is 5.82 Å². The monoisotopic (exact) mass is 302 g/mol. The molecule has 2 aromatic rings. The van der Waals surface area contributed by atoms with Gasteiger partial charge in [0.15, 0.2) is 5.11 Å². The molecule has 4 heteroatoms. The Kier molecular flexibility index (Phi) is 5.28. The molecule has 0 amide bonds. The smallest absolute Gasteiger partial charge is 0.171 e. The van der Waals surface area contributed by atoms with Gasteiger partial charge in [0.2, 0.25) is 0 Å². The van der Waals surface area contributed by atoms with Gasteiger partial charge in [-0.05, 0) is 53.5 Å². The fourth-order valence-corrected chi connectivity index (χ4v) is 2.13. The zero-order valence-corrected chi connectivity index (χ0v) is 13.0. The molecule has 0 aliphatic heterocycles. The molecule has 0 spiro atoms. The highest BCUT2D eigenvalue weighted by Crippen LogP contribution is 2.18. The maximum atomic E-state index is 12.8. The van der Waals surface area contributed by atoms with Gasteiger partial charge in [0.1, 0.15) is 5.82 Å². The van der Waals surface area contributed by atoms with Gasteiger partial charge in [0, 0.05) is 12.2 Å². The molecule has 0 radical (unpaired) electrons. The minimum Gasteiger partial charge on any atom is -0.358 e. The van der Waals surface area contributed by atoms with E-state index in [1.165, 1.54) is 17.7 Å². The first kappa shape index (κ1) is 15.4. The minimum atomic E-state index is -0.232. The van der Waals surface area contributed by atoms with Gasteiger partial charge in [-0.1, -0.05) is 38.1 Å². The highest BCUT2D eigenvalue weighted by Gasteiger charge is 2.02. The van der Waals surface area contributed by atoms with E-state index in [1.807, 2.05) is 12.1 Å². The molecule has 2 nitrogen and oxygen atoms in total. The van der Waals surface area contributed by atoms with Gasteiger partial charge in [-0.15, -0.1) is 0 Å². The van der Waals surface area contributed by atoms with E-state index in [1.54, 1.807) is 12.1 Å². The Morgan fingerprint density at radius 2 is 1.86 bits per heavy atom. The zero-order chi connectivity index (χ0) is 15.2. The van der Waals surface area contributed by atoms with Crippen LogP contribution in [0.4, 0.5) is 10.1 Å². The van der Waals surface area contributed by atoms with Crippen LogP contribution >= 0.6 is 12.2 Å². The summed E-state index contributed by atoms with van der Waals surface area (Å²) in [6.45, 7) is 4.88. The average molecular weight is 302 g/mol. The highest BCUT2D eigenvalue weighted by molar-refractivity contribution is 7.80. The van der Waals surface area contributed by atoms with Crippen LogP contribution in [-0.2, 0) is 6.54 Å². The van der Waals surface area contributed by atoms with Crippen molar-refractivity contribution in [3.05, 3.63) is 65.5 Å². The van der Waals surface area contributed by atoms with Gasteiger partial charge in [0.05, 0.1) is 0 Å². The van der Waals surface area contributed by atoms with E-state index in [0.717, 1.165) is 11.3 Å². The Morgan fingerprint density at radius 3 is 2.52 bits per heavy atom. The molecule has 0 aliphatic rings. The second kappa shape index (κ2) is 7.18. The van der Waals surface area contributed by atoms with E-state index in [9.17, 15) is 4.39 Å². The van der Waals surface area contributed by atoms with E-state index in [2.05, 4.69) is 36.6 Å². The fraction of sp³-hybridized carbons (Fsp3) is 0.235. The first-order valence-electron chi connectivity index (χ1n) is 6.94. The van der Waals surface area contributed by atoms with Gasteiger partial charge in [-0.25, -0.2) is 4.39 Å². The quantitative estimate of drug-likeness (QED) is 0.817. The number of benzene rings is 2. The molecule has 0 unspecified atom stereocenters. The van der Waals surface area contributed by atoms with Crippen LogP contribution in [-0.4, -0.2) is 5.11 Å². The lowest BCUT2D eigenvalue weighted by molar-refractivity contribution is 0.627. The second-order valence-corrected chi connectivity index (χ2v) is 5.62. The van der Waals surface area contributed by atoms with Crippen molar-refractivity contribution in [1.82, 2.24) is 5.32 Å². The Morgan fingerprint density at radius 1 is 1.14 bits per heavy atom. The van der Waals surface area contributed by atoms with Crippen LogP contribution in [0.3, 0.4) is 0 Å². The molecule has 0 saturated carbocycles. The summed E-state index contributed by atoms with van der Waals surface area (Å²) >= 11 is 5.27. The lowest BCUT2D eigenvalue weighted by atomic mass is 10.0. The number of hydrogen-bond donors (Lipinski definition) is 2. The molecular formula is C17H19FN2S. The van der Waals surface area contributed by atoms with Crippen molar-refractivity contribution in [1.29, 1.82) is 0 Å². The average Bonchev–Trinajstić information content (AvgIpc) is 2.47. The normalized spacial score (nSPS) is 10.5. The van der Waals surface area contributed by atoms with Gasteiger partial charge in [0.25, 0.3) is 0 Å². The van der Waals surface area contributed by atoms with Gasteiger partial charge >= 0.3 is 0 Å². The summed E-state index contributed by atoms with van der Waals surface area (Å²) in [7, 11) is 0. The summed E-state index contributed by atoms with van der Waals surface area (Å²) < 4.78 is 12.8. The zero-order valence-electron chi connectivity index (χ0n) is 12.2. The fourth-order valence-electron chi connectivity index (χ4n) is 1.94. The molecule has 2 rings (SSSR count). The van der Waals surface area contributed by atoms with Crippen molar-refractivity contribution >= 4 is 23.0 Å². The van der Waals surface area contributed by atoms with Crippen LogP contribution in [0.15, 0.2) is 48.5 Å². The largest absolute Gasteiger partial charge is 0.358 e. The molecule has 21 heavy (non-hydrogen) atoms. The maximum Gasteiger partial charge on any atom is 0.171 e. The van der Waals surface area contributed by atoms with E-state index >= 15 is 0 Å². The molecule has 110 valence electrons. The van der Waals surface area contributed by atoms with Crippen LogP contribution in [0, 0.1) is 5.82 Å². The minimum absolute atomic E-state index is 0.232. The molecule has 2 aromatic carbocycles. The summed E-state index contributed by atoms with van der Waals surface area (Å²) in [5.41, 5.74) is 3.22. The standard InChI is InChI=1S/C17H19FN2S/c1-12(2)14-4-3-5-16(10-14)20-17(21)19-11-13-6-8-15(18)9-7-13/h3-10,12H,11H2,1-2H3,(H2,19,20,21). The summed E-state index contributed by atoms with van der Waals surface area (Å²) in [4.78, 5) is 0. The molecule has 0 heterocycles. The van der Waals surface area contributed by atoms with Crippen LogP contribution in [0.2, 0.25) is 0 Å². The number of anilines is 1. The van der Waals surface area contributed by atoms with E-state index in [0.29, 0.717) is 17.6 Å². The Bertz CT molecular complexity index is 608. The lowest BCUT2D eigenvalue weighted by Gasteiger charge is -2.12. The molecular weight excluding hydrogens is 283 g/mol. The van der Waals surface area contributed by atoms with Crippen molar-refractivity contribution in [3.8, 4) is 0 Å². The number of halogens is 1. The predicted octanol–water partition coefficient (Wildman–Crippen LogP) is 4.44. The van der Waals surface area contributed by atoms with Crippen molar-refractivity contribution in [2.75, 3.05) is 5.32 Å². The SMILES string of the molecule is CC(C)c1cccc(NC(=S)NCc2ccc(F)cc2)c1. The first-order valence-corrected chi connectivity index (χ1v) is 7.34. The highest BCUT2D eigenvalue weighted by atomic mass is 32.1. The number of thiocarbonyl (C=S) groups is 1. The van der Waals surface area contributed by atoms with Gasteiger partial charge in [-0.2, -0.15) is 0 Å². The van der Waals surface area contributed by atoms with E-state index in [4.69, 9.17) is 12.2 Å². The summed E-state index contributed by atoms with van der Waals surface area (Å²) in [6.07, 6.45) is 0. The summed E-state index contributed by atoms with van der Waals surface area (Å²) in [5, 5.41) is 6.83. The number of nitrogens with one attached hydrogen (secondary N) is 2. The van der Waals surface area contributed by atoms with Crippen molar-refractivity contribution < 1.29 is 4.39 Å². The van der Waals surface area contributed by atoms with Gasteiger partial charge in [-0.3, -0.25) is 0 Å². The van der Waals surface area contributed by atoms with Crippen molar-refractivity contribution in [2.45, 2.75) is 26.3 Å². The summed E-state index contributed by atoms with van der Waals surface area (Å²) in [6, 6.07) is 14.6. The predicted molar refractivity (Wildman–Crippen MR) is 90.0 cm³/mol. The van der Waals surface area contributed by atoms with E-state index < -0.39 is 0 Å². The van der Waals surface area contributed by atoms with Crippen LogP contribution < -0.4 is 10.6 Å². The third-order valence-electron chi connectivity index (χ3n) is 3.18. The maximum absolute atomic E-state index is 12.8. The molecule has 0 bridgehead atoms. The first-order chi connectivity index (χ1) is 10.0. The molecule has 0 aliphatic carbocycles. The van der Waals surface area contributed by atoms with Crippen LogP contribution in [0.5, 0.6) is 0 Å². The van der Waals surface area contributed by atoms with Crippen LogP contribution in [0.1, 0.15) is 30.9 Å². The van der Waals surface area contributed by atoms with Crippen LogP contribution in [0.25, 0.3) is 0 Å². The second-order valence-electron chi connectivity index (χ2n) is 5.21. The Hall–Kier alpha value is -1.94. The molecule has 0 atom stereocenters. The number of rotatable bonds is 4. The molecule has 2 N–H and O–H groups in total. The number of hydrogen-bond acceptors (Lipinski definition) is 1. The lowest BCUT2D eigenvalue weighted by Crippen LogP contribution is -2.27. The molecule has 0 aromatic heterocycles. The molecule has 0 fully saturated rings. The Balaban J connectivity index is 1.89. The summed E-state index contributed by atoms with van der Waals surface area (Å²) in [5.74, 6) is 0.248. The topological polar surface area (TPSA) is 24.1 Å². The molecule has 0 saturated heterocycles. The third-order valence-corrected chi connectivity index (χ3v) is 3.42. The van der Waals surface area contributed by atoms with Gasteiger partial charge < -0.3 is 10.6 Å².